The number of ether oxygens (including phenoxy) is 1. The van der Waals surface area contributed by atoms with Crippen molar-refractivity contribution >= 4 is 231 Å². The molecule has 0 spiro atoms. The van der Waals surface area contributed by atoms with Crippen molar-refractivity contribution in [3.05, 3.63) is 365 Å². The van der Waals surface area contributed by atoms with Crippen molar-refractivity contribution in [3.63, 3.8) is 0 Å². The molecule has 16 rings (SSSR count). The van der Waals surface area contributed by atoms with Crippen LogP contribution in [0, 0.1) is 34.6 Å². The summed E-state index contributed by atoms with van der Waals surface area (Å²) >= 11 is 34.5. The van der Waals surface area contributed by atoms with Crippen molar-refractivity contribution in [3.8, 4) is 61.4 Å². The molecule has 33 heteroatoms. The Balaban J connectivity index is 0.000000150. The molecule has 133 heavy (non-hydrogen) atoms. The van der Waals surface area contributed by atoms with Crippen LogP contribution in [0.2, 0.25) is 20.1 Å². The number of nitrogens with zero attached hydrogens (tertiary/aromatic N) is 1. The number of amides is 5. The number of carboxylic acids is 5. The number of carbonyl (C=O) groups is 10. The summed E-state index contributed by atoms with van der Waals surface area (Å²) in [5.41, 5.74) is 14.8. The van der Waals surface area contributed by atoms with E-state index in [4.69, 9.17) is 51.1 Å². The minimum atomic E-state index is -1.11. The second kappa shape index (κ2) is 44.7. The van der Waals surface area contributed by atoms with E-state index in [1.165, 1.54) is 63.8 Å². The van der Waals surface area contributed by atoms with E-state index in [0.717, 1.165) is 81.7 Å². The average molecular weight is 2030 g/mol. The number of nitrogens with one attached hydrogen (secondary N) is 5. The number of rotatable bonds is 22. The molecule has 0 atom stereocenters. The van der Waals surface area contributed by atoms with E-state index in [9.17, 15) is 73.5 Å². The average Bonchev–Trinajstić information content (AvgIpc) is 1.68. The maximum absolute atomic E-state index is 12.7. The summed E-state index contributed by atoms with van der Waals surface area (Å²) in [6.07, 6.45) is 0. The monoisotopic (exact) mass is 2030 g/mol. The van der Waals surface area contributed by atoms with Gasteiger partial charge in [0.25, 0.3) is 29.5 Å². The lowest BCUT2D eigenvalue weighted by Crippen LogP contribution is -2.14. The van der Waals surface area contributed by atoms with Crippen LogP contribution in [0.4, 0.5) is 30.7 Å². The Morgan fingerprint density at radius 3 is 1.02 bits per heavy atom. The molecule has 0 aliphatic rings. The Bertz CT molecular complexity index is 7080. The van der Waals surface area contributed by atoms with Gasteiger partial charge in [-0.2, -0.15) is 0 Å². The molecule has 22 nitrogen and oxygen atoms in total. The number of aryl methyl sites for hydroxylation is 5. The lowest BCUT2D eigenvalue weighted by Gasteiger charge is -2.12. The Morgan fingerprint density at radius 1 is 0.338 bits per heavy atom. The SMILES string of the molecule is CN(C)c1ccc(C(=O)Nc2scc(-c3ccc(Cl)cc3)c2C(=O)O)cc1.COc1ccc(C(=O)Nc2scc(-c3ccc(Cl)cc3)c2C(=O)O)cc1.Cc1ccc(-c2csc(NC(=O)c3cc4cc(C)ccc4s3)c2C(=O)O)cc1.Cc1ccc(C(=O)Nc2scc(-c3ccc(Br)cc3)c2C(=O)O)c(Cl)c1.Cc1ccc(C(=O)Nc2scc(-c3ccc(Cl)cc3)c2C(=O)O)cc1C. The summed E-state index contributed by atoms with van der Waals surface area (Å²) in [5, 5.41) is 75.1. The standard InChI is InChI=1S/C22H17NO3S2.C20H17ClN2O3S.C20H16ClNO3S.C19H13BrClNO3S.C19H14ClNO4S/c1-12-3-6-14(7-4-12)16-11-27-21(19(16)22(25)26)23-20(24)18-10-15-9-13(2)5-8-17(15)28-18;1-23(2)15-9-5-13(6-10-15)18(24)22-19-17(20(25)26)16(11-27-19)12-3-7-14(21)8-4-12;1-11-3-4-14(9-12(11)2)18(23)22-19-17(20(24)25)16(10-26-19)13-5-7-15(21)8-6-13;1-10-2-7-13(15(21)8-10)17(23)22-18-16(19(24)25)14(9-26-18)11-3-5-12(20)6-4-11;1-25-14-8-4-12(5-9-14)17(22)21-18-16(19(23)24)15(10-26-18)11-2-6-13(20)7-3-11/h3-11H,1-2H3,(H,23,24)(H,25,26);3-11H,1-2H3,(H,22,24)(H,25,26);3-10H,1-2H3,(H,22,23)(H,24,25);2-9H,1H3,(H,22,23)(H,24,25);2-10H,1H3,(H,21,22)(H,23,24). The van der Waals surface area contributed by atoms with E-state index in [1.807, 2.05) is 145 Å². The van der Waals surface area contributed by atoms with Crippen molar-refractivity contribution < 1.29 is 78.2 Å². The van der Waals surface area contributed by atoms with E-state index >= 15 is 0 Å². The third-order valence-electron chi connectivity index (χ3n) is 20.2. The number of thiophene rings is 6. The van der Waals surface area contributed by atoms with Crippen LogP contribution in [-0.2, 0) is 0 Å². The van der Waals surface area contributed by atoms with Crippen molar-refractivity contribution in [2.45, 2.75) is 34.6 Å². The Labute approximate surface area is 815 Å². The van der Waals surface area contributed by atoms with Gasteiger partial charge in [-0.3, -0.25) is 24.0 Å². The van der Waals surface area contributed by atoms with Crippen LogP contribution in [-0.4, -0.2) is 106 Å². The number of hydrogen-bond donors (Lipinski definition) is 10. The molecule has 16 aromatic rings. The zero-order valence-corrected chi connectivity index (χ0v) is 80.8. The Hall–Kier alpha value is -13.4. The molecule has 0 aliphatic heterocycles. The fraction of sp³-hybridized carbons (Fsp3) is 0.0800. The summed E-state index contributed by atoms with van der Waals surface area (Å²) in [6.45, 7) is 9.76. The maximum atomic E-state index is 12.7. The van der Waals surface area contributed by atoms with Gasteiger partial charge in [0.15, 0.2) is 0 Å². The first-order chi connectivity index (χ1) is 63.5. The summed E-state index contributed by atoms with van der Waals surface area (Å²) < 4.78 is 6.99. The predicted octanol–water partition coefficient (Wildman–Crippen LogP) is 28.0. The summed E-state index contributed by atoms with van der Waals surface area (Å²) in [6, 6.07) is 67.7. The third kappa shape index (κ3) is 24.9. The number of benzene rings is 10. The van der Waals surface area contributed by atoms with E-state index in [1.54, 1.807) is 166 Å². The zero-order valence-electron chi connectivity index (χ0n) is 71.3. The largest absolute Gasteiger partial charge is 0.497 e. The fourth-order valence-electron chi connectivity index (χ4n) is 13.1. The van der Waals surface area contributed by atoms with Crippen LogP contribution in [0.3, 0.4) is 0 Å². The van der Waals surface area contributed by atoms with Gasteiger partial charge in [-0.15, -0.1) is 68.0 Å². The summed E-state index contributed by atoms with van der Waals surface area (Å²) in [5.74, 6) is -6.64. The molecule has 0 saturated heterocycles. The predicted molar refractivity (Wildman–Crippen MR) is 543 cm³/mol. The lowest BCUT2D eigenvalue weighted by atomic mass is 10.0. The van der Waals surface area contributed by atoms with Crippen molar-refractivity contribution in [2.75, 3.05) is 52.7 Å². The number of aromatic carboxylic acids is 5. The number of hydrogen-bond acceptors (Lipinski definition) is 18. The van der Waals surface area contributed by atoms with E-state index < -0.39 is 35.8 Å². The minimum Gasteiger partial charge on any atom is -0.497 e. The van der Waals surface area contributed by atoms with Gasteiger partial charge in [-0.1, -0.05) is 171 Å². The molecule has 10 N–H and O–H groups in total. The van der Waals surface area contributed by atoms with Crippen molar-refractivity contribution in [1.82, 2.24) is 0 Å². The highest BCUT2D eigenvalue weighted by atomic mass is 79.9. The van der Waals surface area contributed by atoms with Gasteiger partial charge in [0.05, 0.1) is 22.6 Å². The molecule has 0 bridgehead atoms. The first-order valence-electron chi connectivity index (χ1n) is 39.7. The van der Waals surface area contributed by atoms with Gasteiger partial charge in [-0.05, 0) is 218 Å². The number of halogens is 5. The van der Waals surface area contributed by atoms with E-state index in [0.29, 0.717) is 101 Å². The molecule has 674 valence electrons. The Morgan fingerprint density at radius 2 is 0.662 bits per heavy atom. The maximum Gasteiger partial charge on any atom is 0.339 e. The second-order valence-corrected chi connectivity index (χ2v) is 37.7. The van der Waals surface area contributed by atoms with Crippen LogP contribution >= 0.6 is 130 Å². The minimum absolute atomic E-state index is 0.0548. The normalized spacial score (nSPS) is 10.6. The fourth-order valence-corrected chi connectivity index (χ4v) is 19.8. The molecule has 6 heterocycles. The quantitative estimate of drug-likeness (QED) is 0.0301. The molecular formula is C100H77BrCl4N6O16S6. The van der Waals surface area contributed by atoms with Gasteiger partial charge in [0.1, 0.15) is 58.6 Å². The number of methoxy groups -OCH3 is 1. The van der Waals surface area contributed by atoms with Gasteiger partial charge in [0.2, 0.25) is 0 Å². The highest BCUT2D eigenvalue weighted by Gasteiger charge is 2.29. The molecule has 5 amide bonds. The number of carboxylic acid groups (broad SMARTS) is 5. The molecule has 0 saturated carbocycles. The van der Waals surface area contributed by atoms with Gasteiger partial charge in [-0.25, -0.2) is 24.0 Å². The third-order valence-corrected chi connectivity index (χ3v) is 27.4. The smallest absolute Gasteiger partial charge is 0.339 e. The lowest BCUT2D eigenvalue weighted by molar-refractivity contribution is 0.0688. The topological polar surface area (TPSA) is 344 Å². The number of carbonyl (C=O) groups excluding carboxylic acids is 5. The Kier molecular flexibility index (Phi) is 33.1. The molecule has 0 radical (unpaired) electrons. The van der Waals surface area contributed by atoms with Crippen LogP contribution < -0.4 is 36.2 Å². The molecule has 0 aliphatic carbocycles. The molecule has 0 fully saturated rings. The van der Waals surface area contributed by atoms with E-state index in [2.05, 4.69) is 42.5 Å². The van der Waals surface area contributed by atoms with Gasteiger partial charge >= 0.3 is 29.8 Å². The highest BCUT2D eigenvalue weighted by molar-refractivity contribution is 9.10. The molecular weight excluding hydrogens is 1960 g/mol. The zero-order chi connectivity index (χ0) is 95.8. The molecule has 6 aromatic heterocycles. The summed E-state index contributed by atoms with van der Waals surface area (Å²) in [7, 11) is 5.37. The first kappa shape index (κ1) is 98.6. The van der Waals surface area contributed by atoms with Crippen molar-refractivity contribution in [1.29, 1.82) is 0 Å². The van der Waals surface area contributed by atoms with Gasteiger partial charge in [0, 0.05) is 115 Å². The van der Waals surface area contributed by atoms with Crippen LogP contribution in [0.1, 0.15) is 131 Å². The highest BCUT2D eigenvalue weighted by Crippen LogP contribution is 2.43. The number of anilines is 6. The van der Waals surface area contributed by atoms with Crippen molar-refractivity contribution in [2.24, 2.45) is 0 Å². The van der Waals surface area contributed by atoms with E-state index in [-0.39, 0.29) is 61.4 Å². The van der Waals surface area contributed by atoms with Crippen LogP contribution in [0.25, 0.3) is 65.7 Å². The molecule has 0 unspecified atom stereocenters. The summed E-state index contributed by atoms with van der Waals surface area (Å²) in [4.78, 5) is 124. The molecule has 10 aromatic carbocycles. The first-order valence-corrected chi connectivity index (χ1v) is 47.2. The van der Waals surface area contributed by atoms with Crippen LogP contribution in [0.15, 0.2) is 262 Å². The van der Waals surface area contributed by atoms with Crippen LogP contribution in [0.5, 0.6) is 5.75 Å². The second-order valence-electron chi connectivity index (χ2n) is 29.6. The number of fused-ring (bicyclic) bond motifs is 1. The van der Waals surface area contributed by atoms with Gasteiger partial charge < -0.3 is 61.8 Å².